The van der Waals surface area contributed by atoms with Crippen molar-refractivity contribution in [3.05, 3.63) is 96.5 Å². The minimum Gasteiger partial charge on any atom is -0.347 e. The minimum absolute atomic E-state index is 0.260. The van der Waals surface area contributed by atoms with Gasteiger partial charge in [-0.15, -0.1) is 11.8 Å². The molecule has 154 valence electrons. The van der Waals surface area contributed by atoms with Crippen molar-refractivity contribution in [1.29, 1.82) is 0 Å². The smallest absolute Gasteiger partial charge is 0.270 e. The second kappa shape index (κ2) is 9.49. The third-order valence-corrected chi connectivity index (χ3v) is 5.42. The van der Waals surface area contributed by atoms with Crippen molar-refractivity contribution in [3.8, 4) is 22.4 Å². The summed E-state index contributed by atoms with van der Waals surface area (Å²) in [5, 5.41) is 2.85. The summed E-state index contributed by atoms with van der Waals surface area (Å²) >= 11 is 1.68. The van der Waals surface area contributed by atoms with Crippen molar-refractivity contribution in [2.75, 3.05) is 6.26 Å². The number of pyridine rings is 3. The second-order valence-electron chi connectivity index (χ2n) is 6.77. The summed E-state index contributed by atoms with van der Waals surface area (Å²) in [6.07, 6.45) is 6.80. The Kier molecular flexibility index (Phi) is 6.33. The molecule has 0 radical (unpaired) electrons. The SMILES string of the molecule is CSc1cccc(-c2ccc(C(=O)NCc3ccc(-c4ccnc(F)c4)nc3)nc2)c1. The zero-order valence-corrected chi connectivity index (χ0v) is 17.6. The van der Waals surface area contributed by atoms with Crippen LogP contribution in [0, 0.1) is 5.95 Å². The molecule has 1 amide bonds. The van der Waals surface area contributed by atoms with Gasteiger partial charge in [0.05, 0.1) is 5.69 Å². The summed E-state index contributed by atoms with van der Waals surface area (Å²) in [5.74, 6) is -0.809. The maximum atomic E-state index is 13.3. The molecule has 0 saturated heterocycles. The molecular formula is C24H19FN4OS. The Morgan fingerprint density at radius 3 is 2.55 bits per heavy atom. The largest absolute Gasteiger partial charge is 0.347 e. The third kappa shape index (κ3) is 5.13. The lowest BCUT2D eigenvalue weighted by molar-refractivity contribution is 0.0946. The highest BCUT2D eigenvalue weighted by Gasteiger charge is 2.09. The van der Waals surface area contributed by atoms with E-state index in [1.165, 1.54) is 17.2 Å². The van der Waals surface area contributed by atoms with Crippen LogP contribution in [-0.2, 0) is 6.54 Å². The summed E-state index contributed by atoms with van der Waals surface area (Å²) in [7, 11) is 0. The highest BCUT2D eigenvalue weighted by molar-refractivity contribution is 7.98. The number of amides is 1. The van der Waals surface area contributed by atoms with Crippen molar-refractivity contribution in [3.63, 3.8) is 0 Å². The number of nitrogens with one attached hydrogen (secondary N) is 1. The monoisotopic (exact) mass is 430 g/mol. The van der Waals surface area contributed by atoms with E-state index in [9.17, 15) is 9.18 Å². The molecular weight excluding hydrogens is 411 g/mol. The standard InChI is InChI=1S/C24H19FN4OS/c1-31-20-4-2-3-17(11-20)19-6-8-22(28-15-19)24(30)29-14-16-5-7-21(27-13-16)18-9-10-26-23(25)12-18/h2-13,15H,14H2,1H3,(H,29,30). The van der Waals surface area contributed by atoms with E-state index in [4.69, 9.17) is 0 Å². The molecule has 7 heteroatoms. The molecule has 4 rings (SSSR count). The summed E-state index contributed by atoms with van der Waals surface area (Å²) < 4.78 is 13.3. The highest BCUT2D eigenvalue weighted by atomic mass is 32.2. The molecule has 0 atom stereocenters. The van der Waals surface area contributed by atoms with Crippen molar-refractivity contribution < 1.29 is 9.18 Å². The van der Waals surface area contributed by atoms with Gasteiger partial charge in [0.15, 0.2) is 0 Å². The lowest BCUT2D eigenvalue weighted by Gasteiger charge is -2.07. The fourth-order valence-electron chi connectivity index (χ4n) is 3.04. The Bertz CT molecular complexity index is 1200. The zero-order chi connectivity index (χ0) is 21.6. The first-order valence-electron chi connectivity index (χ1n) is 9.58. The van der Waals surface area contributed by atoms with Crippen LogP contribution in [-0.4, -0.2) is 27.1 Å². The highest BCUT2D eigenvalue weighted by Crippen LogP contribution is 2.24. The van der Waals surface area contributed by atoms with Crippen molar-refractivity contribution in [1.82, 2.24) is 20.3 Å². The van der Waals surface area contributed by atoms with Gasteiger partial charge < -0.3 is 5.32 Å². The molecule has 0 spiro atoms. The molecule has 0 aliphatic heterocycles. The van der Waals surface area contributed by atoms with Crippen LogP contribution in [0.15, 0.2) is 84.1 Å². The molecule has 0 unspecified atom stereocenters. The van der Waals surface area contributed by atoms with Gasteiger partial charge in [-0.3, -0.25) is 14.8 Å². The van der Waals surface area contributed by atoms with Crippen molar-refractivity contribution >= 4 is 17.7 Å². The van der Waals surface area contributed by atoms with Gasteiger partial charge in [-0.05, 0) is 47.7 Å². The molecule has 0 saturated carbocycles. The molecule has 0 fully saturated rings. The molecule has 0 aliphatic carbocycles. The van der Waals surface area contributed by atoms with Crippen LogP contribution in [0.2, 0.25) is 0 Å². The summed E-state index contributed by atoms with van der Waals surface area (Å²) in [5.41, 5.74) is 4.49. The average molecular weight is 431 g/mol. The van der Waals surface area contributed by atoms with Crippen LogP contribution in [0.25, 0.3) is 22.4 Å². The lowest BCUT2D eigenvalue weighted by atomic mass is 10.1. The van der Waals surface area contributed by atoms with E-state index in [0.29, 0.717) is 23.5 Å². The van der Waals surface area contributed by atoms with Gasteiger partial charge in [-0.1, -0.05) is 24.3 Å². The summed E-state index contributed by atoms with van der Waals surface area (Å²) in [4.78, 5) is 25.8. The number of hydrogen-bond acceptors (Lipinski definition) is 5. The number of hydrogen-bond donors (Lipinski definition) is 1. The Labute approximate surface area is 183 Å². The number of aromatic nitrogens is 3. The van der Waals surface area contributed by atoms with Crippen LogP contribution < -0.4 is 5.32 Å². The molecule has 3 heterocycles. The van der Waals surface area contributed by atoms with Crippen LogP contribution in [0.1, 0.15) is 16.1 Å². The first-order valence-corrected chi connectivity index (χ1v) is 10.8. The summed E-state index contributed by atoms with van der Waals surface area (Å²) in [6, 6.07) is 18.4. The topological polar surface area (TPSA) is 67.8 Å². The van der Waals surface area contributed by atoms with E-state index < -0.39 is 5.95 Å². The lowest BCUT2D eigenvalue weighted by Crippen LogP contribution is -2.23. The molecule has 1 N–H and O–H groups in total. The average Bonchev–Trinajstić information content (AvgIpc) is 2.83. The van der Waals surface area contributed by atoms with Gasteiger partial charge in [-0.25, -0.2) is 4.98 Å². The molecule has 31 heavy (non-hydrogen) atoms. The Morgan fingerprint density at radius 2 is 1.84 bits per heavy atom. The number of carbonyl (C=O) groups is 1. The number of nitrogens with zero attached hydrogens (tertiary/aromatic N) is 3. The quantitative estimate of drug-likeness (QED) is 0.345. The maximum Gasteiger partial charge on any atom is 0.270 e. The molecule has 0 aliphatic rings. The fraction of sp³-hybridized carbons (Fsp3) is 0.0833. The second-order valence-corrected chi connectivity index (χ2v) is 7.65. The molecule has 3 aromatic heterocycles. The number of thioether (sulfide) groups is 1. The predicted octanol–water partition coefficient (Wildman–Crippen LogP) is 5.00. The Balaban J connectivity index is 1.38. The van der Waals surface area contributed by atoms with Crippen LogP contribution >= 0.6 is 11.8 Å². The summed E-state index contributed by atoms with van der Waals surface area (Å²) in [6.45, 7) is 0.315. The number of benzene rings is 1. The van der Waals surface area contributed by atoms with E-state index in [1.54, 1.807) is 42.4 Å². The molecule has 0 bridgehead atoms. The van der Waals surface area contributed by atoms with Crippen molar-refractivity contribution in [2.45, 2.75) is 11.4 Å². The van der Waals surface area contributed by atoms with Gasteiger partial charge in [0.1, 0.15) is 5.69 Å². The predicted molar refractivity (Wildman–Crippen MR) is 120 cm³/mol. The number of rotatable bonds is 6. The van der Waals surface area contributed by atoms with Gasteiger partial charge in [-0.2, -0.15) is 4.39 Å². The molecule has 5 nitrogen and oxygen atoms in total. The number of carbonyl (C=O) groups excluding carboxylic acids is 1. The van der Waals surface area contributed by atoms with Gasteiger partial charge >= 0.3 is 0 Å². The van der Waals surface area contributed by atoms with E-state index in [1.807, 2.05) is 30.5 Å². The van der Waals surface area contributed by atoms with Crippen LogP contribution in [0.5, 0.6) is 0 Å². The van der Waals surface area contributed by atoms with Crippen LogP contribution in [0.4, 0.5) is 4.39 Å². The zero-order valence-electron chi connectivity index (χ0n) is 16.7. The first-order chi connectivity index (χ1) is 15.1. The molecule has 1 aromatic carbocycles. The number of halogens is 1. The first kappa shape index (κ1) is 20.7. The van der Waals surface area contributed by atoms with E-state index in [2.05, 4.69) is 32.4 Å². The Hall–Kier alpha value is -3.58. The van der Waals surface area contributed by atoms with Gasteiger partial charge in [0.2, 0.25) is 5.95 Å². The molecule has 4 aromatic rings. The minimum atomic E-state index is -0.550. The van der Waals surface area contributed by atoms with E-state index in [0.717, 1.165) is 16.7 Å². The maximum absolute atomic E-state index is 13.3. The normalized spacial score (nSPS) is 10.6. The van der Waals surface area contributed by atoms with Crippen molar-refractivity contribution in [2.24, 2.45) is 0 Å². The van der Waals surface area contributed by atoms with Gasteiger partial charge in [0, 0.05) is 47.2 Å². The van der Waals surface area contributed by atoms with Crippen LogP contribution in [0.3, 0.4) is 0 Å². The van der Waals surface area contributed by atoms with E-state index in [-0.39, 0.29) is 5.91 Å². The fourth-order valence-corrected chi connectivity index (χ4v) is 3.50. The van der Waals surface area contributed by atoms with E-state index >= 15 is 0 Å². The van der Waals surface area contributed by atoms with Gasteiger partial charge in [0.25, 0.3) is 5.91 Å². The third-order valence-electron chi connectivity index (χ3n) is 4.70. The Morgan fingerprint density at radius 1 is 0.935 bits per heavy atom.